The Bertz CT molecular complexity index is 1070. The molecule has 0 saturated carbocycles. The molecule has 2 aromatic heterocycles. The number of rotatable bonds is 7. The summed E-state index contributed by atoms with van der Waals surface area (Å²) in [5, 5.41) is 3.41. The lowest BCUT2D eigenvalue weighted by atomic mass is 10.1. The van der Waals surface area contributed by atoms with Crippen molar-refractivity contribution in [2.45, 2.75) is 26.8 Å². The number of ether oxygens (including phenoxy) is 2. The van der Waals surface area contributed by atoms with Gasteiger partial charge in [0.2, 0.25) is 0 Å². The van der Waals surface area contributed by atoms with Crippen molar-refractivity contribution in [2.75, 3.05) is 18.9 Å². The third-order valence-corrected chi connectivity index (χ3v) is 4.48. The summed E-state index contributed by atoms with van der Waals surface area (Å²) < 4.78 is 11.0. The zero-order valence-corrected chi connectivity index (χ0v) is 17.1. The van der Waals surface area contributed by atoms with Gasteiger partial charge in [-0.3, -0.25) is 14.8 Å². The molecule has 1 aromatic carbocycles. The molecule has 0 aliphatic rings. The second kappa shape index (κ2) is 9.21. The van der Waals surface area contributed by atoms with E-state index in [1.54, 1.807) is 56.6 Å². The van der Waals surface area contributed by atoms with E-state index in [2.05, 4.69) is 15.3 Å². The summed E-state index contributed by atoms with van der Waals surface area (Å²) in [5.74, 6) is -0.254. The summed E-state index contributed by atoms with van der Waals surface area (Å²) >= 11 is 0. The van der Waals surface area contributed by atoms with Crippen molar-refractivity contribution in [3.05, 3.63) is 59.5 Å². The van der Waals surface area contributed by atoms with Crippen LogP contribution in [0.4, 0.5) is 5.69 Å². The SMILES string of the molecule is CCOC(=O)c1c(C)nc2cccc(OC[C@H](C)NC(=O)c3ccncc3)c2c1N. The number of nitrogens with one attached hydrogen (secondary N) is 1. The van der Waals surface area contributed by atoms with Crippen molar-refractivity contribution in [1.82, 2.24) is 15.3 Å². The Morgan fingerprint density at radius 2 is 1.93 bits per heavy atom. The predicted molar refractivity (Wildman–Crippen MR) is 114 cm³/mol. The second-order valence-corrected chi connectivity index (χ2v) is 6.78. The fraction of sp³-hybridized carbons (Fsp3) is 0.273. The van der Waals surface area contributed by atoms with Crippen LogP contribution in [0.1, 0.15) is 40.3 Å². The third-order valence-electron chi connectivity index (χ3n) is 4.48. The molecule has 0 aliphatic heterocycles. The number of pyridine rings is 2. The van der Waals surface area contributed by atoms with Gasteiger partial charge in [-0.1, -0.05) is 6.07 Å². The number of anilines is 1. The van der Waals surface area contributed by atoms with Crippen LogP contribution in [-0.4, -0.2) is 41.1 Å². The Labute approximate surface area is 174 Å². The Morgan fingerprint density at radius 1 is 1.20 bits per heavy atom. The van der Waals surface area contributed by atoms with Gasteiger partial charge < -0.3 is 20.5 Å². The Morgan fingerprint density at radius 3 is 2.63 bits per heavy atom. The van der Waals surface area contributed by atoms with E-state index in [1.807, 2.05) is 6.92 Å². The first-order valence-electron chi connectivity index (χ1n) is 9.62. The van der Waals surface area contributed by atoms with E-state index in [0.717, 1.165) is 0 Å². The summed E-state index contributed by atoms with van der Waals surface area (Å²) in [4.78, 5) is 33.0. The third kappa shape index (κ3) is 4.48. The molecule has 8 nitrogen and oxygen atoms in total. The van der Waals surface area contributed by atoms with Crippen LogP contribution in [-0.2, 0) is 4.74 Å². The zero-order valence-electron chi connectivity index (χ0n) is 17.1. The number of benzene rings is 1. The van der Waals surface area contributed by atoms with Gasteiger partial charge in [0.1, 0.15) is 17.9 Å². The maximum Gasteiger partial charge on any atom is 0.342 e. The summed E-state index contributed by atoms with van der Waals surface area (Å²) in [7, 11) is 0. The molecule has 3 N–H and O–H groups in total. The van der Waals surface area contributed by atoms with Crippen molar-refractivity contribution >= 4 is 28.5 Å². The lowest BCUT2D eigenvalue weighted by molar-refractivity contribution is 0.0526. The normalized spacial score (nSPS) is 11.7. The van der Waals surface area contributed by atoms with E-state index >= 15 is 0 Å². The van der Waals surface area contributed by atoms with Crippen LogP contribution in [0.15, 0.2) is 42.7 Å². The van der Waals surface area contributed by atoms with Crippen LogP contribution in [0.2, 0.25) is 0 Å². The van der Waals surface area contributed by atoms with Gasteiger partial charge in [0.15, 0.2) is 0 Å². The zero-order chi connectivity index (χ0) is 21.7. The maximum atomic E-state index is 12.3. The van der Waals surface area contributed by atoms with Gasteiger partial charge in [-0.2, -0.15) is 0 Å². The maximum absolute atomic E-state index is 12.3. The smallest absolute Gasteiger partial charge is 0.342 e. The monoisotopic (exact) mass is 408 g/mol. The van der Waals surface area contributed by atoms with Gasteiger partial charge in [-0.25, -0.2) is 4.79 Å². The van der Waals surface area contributed by atoms with E-state index < -0.39 is 5.97 Å². The number of nitrogens with zero attached hydrogens (tertiary/aromatic N) is 2. The largest absolute Gasteiger partial charge is 0.491 e. The van der Waals surface area contributed by atoms with Crippen molar-refractivity contribution in [3.8, 4) is 5.75 Å². The minimum absolute atomic E-state index is 0.206. The number of carbonyl (C=O) groups is 2. The molecule has 30 heavy (non-hydrogen) atoms. The van der Waals surface area contributed by atoms with Crippen molar-refractivity contribution in [3.63, 3.8) is 0 Å². The van der Waals surface area contributed by atoms with Crippen LogP contribution >= 0.6 is 0 Å². The van der Waals surface area contributed by atoms with Crippen LogP contribution in [0.5, 0.6) is 5.75 Å². The molecule has 0 spiro atoms. The number of carbonyl (C=O) groups excluding carboxylic acids is 2. The van der Waals surface area contributed by atoms with E-state index in [0.29, 0.717) is 27.9 Å². The lowest BCUT2D eigenvalue weighted by Gasteiger charge is -2.18. The van der Waals surface area contributed by atoms with E-state index in [-0.39, 0.29) is 36.4 Å². The average molecular weight is 408 g/mol. The molecule has 156 valence electrons. The molecule has 0 bridgehead atoms. The molecule has 1 atom stereocenters. The summed E-state index contributed by atoms with van der Waals surface area (Å²) in [6, 6.07) is 8.36. The highest BCUT2D eigenvalue weighted by Crippen LogP contribution is 2.33. The van der Waals surface area contributed by atoms with Crippen LogP contribution in [0.25, 0.3) is 10.9 Å². The van der Waals surface area contributed by atoms with E-state index in [1.165, 1.54) is 0 Å². The number of amides is 1. The highest BCUT2D eigenvalue weighted by Gasteiger charge is 2.21. The summed E-state index contributed by atoms with van der Waals surface area (Å²) in [6.07, 6.45) is 3.12. The van der Waals surface area contributed by atoms with E-state index in [9.17, 15) is 9.59 Å². The molecule has 0 fully saturated rings. The predicted octanol–water partition coefficient (Wildman–Crippen LogP) is 2.89. The second-order valence-electron chi connectivity index (χ2n) is 6.78. The molecule has 0 aliphatic carbocycles. The van der Waals surface area contributed by atoms with Crippen LogP contribution in [0.3, 0.4) is 0 Å². The lowest BCUT2D eigenvalue weighted by Crippen LogP contribution is -2.36. The molecule has 1 amide bonds. The number of aryl methyl sites for hydroxylation is 1. The number of nitrogen functional groups attached to an aromatic ring is 1. The molecule has 3 aromatic rings. The standard InChI is InChI=1S/C22H24N4O4/c1-4-29-22(28)18-14(3)26-16-6-5-7-17(19(16)20(18)23)30-12-13(2)25-21(27)15-8-10-24-11-9-15/h5-11,13H,4,12H2,1-3H3,(H2,23,26)(H,25,27)/t13-/m0/s1. The van der Waals surface area contributed by atoms with Crippen LogP contribution in [0, 0.1) is 6.92 Å². The van der Waals surface area contributed by atoms with Gasteiger partial charge in [0, 0.05) is 18.0 Å². The van der Waals surface area contributed by atoms with Crippen molar-refractivity contribution in [2.24, 2.45) is 0 Å². The number of esters is 1. The van der Waals surface area contributed by atoms with Crippen molar-refractivity contribution < 1.29 is 19.1 Å². The first-order valence-corrected chi connectivity index (χ1v) is 9.62. The molecule has 2 heterocycles. The Hall–Kier alpha value is -3.68. The highest BCUT2D eigenvalue weighted by molar-refractivity contribution is 6.07. The highest BCUT2D eigenvalue weighted by atomic mass is 16.5. The molecule has 8 heteroatoms. The molecule has 0 unspecified atom stereocenters. The molecular formula is C22H24N4O4. The quantitative estimate of drug-likeness (QED) is 0.577. The number of aromatic nitrogens is 2. The molecular weight excluding hydrogens is 384 g/mol. The van der Waals surface area contributed by atoms with Gasteiger partial charge in [0.05, 0.1) is 34.9 Å². The van der Waals surface area contributed by atoms with Gasteiger partial charge in [-0.05, 0) is 45.0 Å². The fourth-order valence-corrected chi connectivity index (χ4v) is 3.09. The Balaban J connectivity index is 1.81. The minimum Gasteiger partial charge on any atom is -0.491 e. The molecule has 0 saturated heterocycles. The topological polar surface area (TPSA) is 116 Å². The van der Waals surface area contributed by atoms with Gasteiger partial charge in [0.25, 0.3) is 5.91 Å². The minimum atomic E-state index is -0.519. The van der Waals surface area contributed by atoms with Crippen molar-refractivity contribution in [1.29, 1.82) is 0 Å². The summed E-state index contributed by atoms with van der Waals surface area (Å²) in [6.45, 7) is 5.72. The number of hydrogen-bond acceptors (Lipinski definition) is 7. The molecule has 0 radical (unpaired) electrons. The number of hydrogen-bond donors (Lipinski definition) is 2. The van der Waals surface area contributed by atoms with Crippen LogP contribution < -0.4 is 15.8 Å². The number of fused-ring (bicyclic) bond motifs is 1. The summed E-state index contributed by atoms with van der Waals surface area (Å²) in [5.41, 5.74) is 8.45. The Kier molecular flexibility index (Phi) is 6.46. The first-order chi connectivity index (χ1) is 14.4. The van der Waals surface area contributed by atoms with E-state index in [4.69, 9.17) is 15.2 Å². The van der Waals surface area contributed by atoms with Gasteiger partial charge >= 0.3 is 5.97 Å². The average Bonchev–Trinajstić information content (AvgIpc) is 2.72. The fourth-order valence-electron chi connectivity index (χ4n) is 3.09. The molecule has 3 rings (SSSR count). The first kappa shape index (κ1) is 21.0. The number of nitrogens with two attached hydrogens (primary N) is 1. The van der Waals surface area contributed by atoms with Gasteiger partial charge in [-0.15, -0.1) is 0 Å².